The molecule has 0 amide bonds. The first-order chi connectivity index (χ1) is 12.4. The number of aromatic nitrogens is 6. The number of aromatic amines is 1. The first-order valence-electron chi connectivity index (χ1n) is 8.61. The average molecular weight is 372 g/mol. The van der Waals surface area contributed by atoms with Gasteiger partial charge in [0.2, 0.25) is 5.88 Å². The lowest BCUT2D eigenvalue weighted by Crippen LogP contribution is -2.26. The molecule has 0 radical (unpaired) electrons. The average Bonchev–Trinajstić information content (AvgIpc) is 2.78. The minimum atomic E-state index is -0.496. The third-order valence-corrected chi connectivity index (χ3v) is 3.41. The summed E-state index contributed by atoms with van der Waals surface area (Å²) in [7, 11) is 1.70. The normalized spacial score (nSPS) is 12.4. The van der Waals surface area contributed by atoms with Gasteiger partial charge < -0.3 is 9.47 Å². The Kier molecular flexibility index (Phi) is 4.41. The van der Waals surface area contributed by atoms with Crippen LogP contribution >= 0.6 is 0 Å². The number of nitrogens with one attached hydrogen (secondary N) is 1. The summed E-state index contributed by atoms with van der Waals surface area (Å²) in [6, 6.07) is 1.86. The van der Waals surface area contributed by atoms with E-state index < -0.39 is 11.2 Å². The van der Waals surface area contributed by atoms with E-state index in [4.69, 9.17) is 9.47 Å². The molecule has 3 heterocycles. The molecule has 0 atom stereocenters. The monoisotopic (exact) mass is 372 g/mol. The van der Waals surface area contributed by atoms with Gasteiger partial charge in [0.15, 0.2) is 5.65 Å². The fraction of sp³-hybridized carbons (Fsp3) is 0.500. The fourth-order valence-corrected chi connectivity index (χ4v) is 2.41. The zero-order chi connectivity index (χ0) is 20.0. The molecule has 0 aliphatic heterocycles. The van der Waals surface area contributed by atoms with Crippen molar-refractivity contribution in [2.75, 3.05) is 0 Å². The van der Waals surface area contributed by atoms with Crippen LogP contribution in [0.25, 0.3) is 22.3 Å². The smallest absolute Gasteiger partial charge is 0.320 e. The van der Waals surface area contributed by atoms with Crippen molar-refractivity contribution in [1.29, 1.82) is 0 Å². The van der Waals surface area contributed by atoms with Crippen LogP contribution in [-0.4, -0.2) is 41.1 Å². The molecule has 3 aromatic heterocycles. The largest absolute Gasteiger partial charge is 0.471 e. The minimum Gasteiger partial charge on any atom is -0.471 e. The topological polar surface area (TPSA) is 108 Å². The molecule has 9 nitrogen and oxygen atoms in total. The van der Waals surface area contributed by atoms with Crippen LogP contribution in [-0.2, 0) is 7.05 Å². The minimum absolute atomic E-state index is 0.206. The van der Waals surface area contributed by atoms with E-state index in [1.807, 2.05) is 41.5 Å². The summed E-state index contributed by atoms with van der Waals surface area (Å²) in [5, 5.41) is 11.4. The Morgan fingerprint density at radius 2 is 1.70 bits per heavy atom. The number of fused-ring (bicyclic) bond motifs is 1. The number of hydrogen-bond donors (Lipinski definition) is 1. The number of rotatable bonds is 3. The van der Waals surface area contributed by atoms with E-state index in [2.05, 4.69) is 25.3 Å². The number of aryl methyl sites for hydroxylation is 1. The molecule has 0 bridgehead atoms. The summed E-state index contributed by atoms with van der Waals surface area (Å²) in [6.07, 6.45) is 1.57. The lowest BCUT2D eigenvalue weighted by molar-refractivity contribution is 0.103. The van der Waals surface area contributed by atoms with Gasteiger partial charge in [-0.25, -0.2) is 4.98 Å². The van der Waals surface area contributed by atoms with E-state index in [9.17, 15) is 4.79 Å². The van der Waals surface area contributed by atoms with Crippen LogP contribution in [0.3, 0.4) is 0 Å². The highest BCUT2D eigenvalue weighted by molar-refractivity contribution is 5.79. The van der Waals surface area contributed by atoms with Crippen molar-refractivity contribution < 1.29 is 9.47 Å². The van der Waals surface area contributed by atoms with Crippen molar-refractivity contribution >= 4 is 11.0 Å². The van der Waals surface area contributed by atoms with Crippen LogP contribution in [0.4, 0.5) is 0 Å². The second-order valence-corrected chi connectivity index (χ2v) is 8.27. The van der Waals surface area contributed by atoms with Crippen molar-refractivity contribution in [2.45, 2.75) is 52.7 Å². The quantitative estimate of drug-likeness (QED) is 0.752. The van der Waals surface area contributed by atoms with Crippen molar-refractivity contribution in [3.05, 3.63) is 22.6 Å². The molecule has 0 unspecified atom stereocenters. The number of H-pyrrole nitrogens is 1. The highest BCUT2D eigenvalue weighted by Crippen LogP contribution is 2.31. The molecule has 9 heteroatoms. The Balaban J connectivity index is 2.13. The molecule has 27 heavy (non-hydrogen) atoms. The second-order valence-electron chi connectivity index (χ2n) is 8.27. The van der Waals surface area contributed by atoms with Gasteiger partial charge in [0, 0.05) is 13.2 Å². The summed E-state index contributed by atoms with van der Waals surface area (Å²) >= 11 is 0. The summed E-state index contributed by atoms with van der Waals surface area (Å²) in [5.41, 5.74) is 0.260. The molecule has 0 aliphatic rings. The van der Waals surface area contributed by atoms with Gasteiger partial charge in [-0.05, 0) is 47.6 Å². The van der Waals surface area contributed by atoms with Crippen molar-refractivity contribution in [2.24, 2.45) is 7.05 Å². The Morgan fingerprint density at radius 1 is 1.04 bits per heavy atom. The third-order valence-electron chi connectivity index (χ3n) is 3.41. The Bertz CT molecular complexity index is 1040. The van der Waals surface area contributed by atoms with Crippen LogP contribution in [0.1, 0.15) is 41.5 Å². The zero-order valence-corrected chi connectivity index (χ0v) is 16.6. The lowest BCUT2D eigenvalue weighted by atomic mass is 10.1. The van der Waals surface area contributed by atoms with E-state index in [0.29, 0.717) is 28.2 Å². The molecule has 0 fully saturated rings. The molecular formula is C18H24N6O3. The number of ether oxygens (including phenoxy) is 2. The fourth-order valence-electron chi connectivity index (χ4n) is 2.41. The molecule has 3 rings (SSSR count). The number of nitrogens with zero attached hydrogens (tertiary/aromatic N) is 5. The van der Waals surface area contributed by atoms with E-state index in [0.717, 1.165) is 0 Å². The maximum Gasteiger partial charge on any atom is 0.320 e. The molecule has 0 aliphatic carbocycles. The van der Waals surface area contributed by atoms with Crippen LogP contribution in [0.15, 0.2) is 17.1 Å². The third kappa shape index (κ3) is 4.24. The van der Waals surface area contributed by atoms with Crippen LogP contribution < -0.4 is 15.0 Å². The molecule has 1 N–H and O–H groups in total. The van der Waals surface area contributed by atoms with Crippen LogP contribution in [0.2, 0.25) is 0 Å². The van der Waals surface area contributed by atoms with Crippen molar-refractivity contribution in [3.63, 3.8) is 0 Å². The standard InChI is InChI=1S/C18H24N6O3/c1-17(2,3)26-15-11(9-19-16(20-15)27-18(4,5)6)12-8-10-13(22-21-12)24(7)23-14(10)25/h8-9H,1-7H3,(H,23,25). The van der Waals surface area contributed by atoms with E-state index >= 15 is 0 Å². The van der Waals surface area contributed by atoms with Crippen LogP contribution in [0.5, 0.6) is 11.9 Å². The second kappa shape index (κ2) is 6.33. The Hall–Kier alpha value is -2.97. The summed E-state index contributed by atoms with van der Waals surface area (Å²) in [4.78, 5) is 20.8. The van der Waals surface area contributed by atoms with Crippen LogP contribution in [0, 0.1) is 0 Å². The summed E-state index contributed by atoms with van der Waals surface area (Å²) < 4.78 is 13.3. The van der Waals surface area contributed by atoms with Gasteiger partial charge in [0.25, 0.3) is 5.56 Å². The lowest BCUT2D eigenvalue weighted by Gasteiger charge is -2.24. The van der Waals surface area contributed by atoms with Gasteiger partial charge >= 0.3 is 6.01 Å². The molecule has 0 saturated carbocycles. The molecular weight excluding hydrogens is 348 g/mol. The first-order valence-corrected chi connectivity index (χ1v) is 8.61. The van der Waals surface area contributed by atoms with Gasteiger partial charge in [0.05, 0.1) is 10.9 Å². The molecule has 0 aromatic carbocycles. The first kappa shape index (κ1) is 18.8. The summed E-state index contributed by atoms with van der Waals surface area (Å²) in [5.74, 6) is 0.317. The number of hydrogen-bond acceptors (Lipinski definition) is 7. The van der Waals surface area contributed by atoms with E-state index in [-0.39, 0.29) is 11.6 Å². The predicted molar refractivity (Wildman–Crippen MR) is 101 cm³/mol. The van der Waals surface area contributed by atoms with Gasteiger partial charge in [-0.1, -0.05) is 0 Å². The van der Waals surface area contributed by atoms with Gasteiger partial charge in [-0.15, -0.1) is 10.2 Å². The predicted octanol–water partition coefficient (Wildman–Crippen LogP) is 2.47. The maximum atomic E-state index is 12.1. The highest BCUT2D eigenvalue weighted by atomic mass is 16.5. The van der Waals surface area contributed by atoms with Gasteiger partial charge in [-0.2, -0.15) is 4.98 Å². The van der Waals surface area contributed by atoms with Gasteiger partial charge in [0.1, 0.15) is 16.9 Å². The van der Waals surface area contributed by atoms with Crippen molar-refractivity contribution in [1.82, 2.24) is 29.9 Å². The Labute approximate surface area is 156 Å². The van der Waals surface area contributed by atoms with Crippen molar-refractivity contribution in [3.8, 4) is 23.1 Å². The maximum absolute atomic E-state index is 12.1. The highest BCUT2D eigenvalue weighted by Gasteiger charge is 2.22. The van der Waals surface area contributed by atoms with Gasteiger partial charge in [-0.3, -0.25) is 14.6 Å². The summed E-state index contributed by atoms with van der Waals surface area (Å²) in [6.45, 7) is 11.5. The molecule has 0 saturated heterocycles. The molecule has 3 aromatic rings. The zero-order valence-electron chi connectivity index (χ0n) is 16.6. The molecule has 0 spiro atoms. The van der Waals surface area contributed by atoms with E-state index in [1.165, 1.54) is 4.68 Å². The van der Waals surface area contributed by atoms with E-state index in [1.54, 1.807) is 19.3 Å². The Morgan fingerprint density at radius 3 is 2.33 bits per heavy atom. The molecule has 144 valence electrons. The SMILES string of the molecule is Cn1[nH]c(=O)c2cc(-c3cnc(OC(C)(C)C)nc3OC(C)(C)C)nnc21.